The zero-order valence-electron chi connectivity index (χ0n) is 14.8. The van der Waals surface area contributed by atoms with E-state index in [2.05, 4.69) is 5.32 Å². The van der Waals surface area contributed by atoms with Crippen LogP contribution in [0.25, 0.3) is 11.1 Å². The van der Waals surface area contributed by atoms with E-state index < -0.39 is 11.7 Å². The van der Waals surface area contributed by atoms with E-state index in [-0.39, 0.29) is 19.1 Å². The van der Waals surface area contributed by atoms with Crippen LogP contribution in [0.3, 0.4) is 0 Å². The van der Waals surface area contributed by atoms with Crippen molar-refractivity contribution in [3.05, 3.63) is 95.1 Å². The maximum Gasteiger partial charge on any atom is 0.416 e. The molecule has 0 aromatic heterocycles. The van der Waals surface area contributed by atoms with Crippen LogP contribution in [0.15, 0.2) is 72.8 Å². The Bertz CT molecular complexity index is 966. The molecule has 3 rings (SSSR count). The zero-order valence-corrected chi connectivity index (χ0v) is 14.8. The van der Waals surface area contributed by atoms with E-state index in [1.807, 2.05) is 6.07 Å². The van der Waals surface area contributed by atoms with Crippen molar-refractivity contribution in [3.63, 3.8) is 0 Å². The molecule has 0 aliphatic rings. The van der Waals surface area contributed by atoms with Gasteiger partial charge in [0.2, 0.25) is 0 Å². The van der Waals surface area contributed by atoms with Crippen molar-refractivity contribution in [2.75, 3.05) is 0 Å². The number of nitrogens with one attached hydrogen (secondary N) is 1. The van der Waals surface area contributed by atoms with Gasteiger partial charge < -0.3 is 10.4 Å². The highest BCUT2D eigenvalue weighted by atomic mass is 19.4. The fourth-order valence-electron chi connectivity index (χ4n) is 2.89. The molecule has 0 aliphatic carbocycles. The zero-order chi connectivity index (χ0) is 20.1. The molecule has 0 spiro atoms. The number of aliphatic hydroxyl groups excluding tert-OH is 1. The van der Waals surface area contributed by atoms with Crippen LogP contribution >= 0.6 is 0 Å². The molecule has 0 fully saturated rings. The van der Waals surface area contributed by atoms with Crippen LogP contribution in [0.2, 0.25) is 0 Å². The maximum atomic E-state index is 12.8. The number of benzene rings is 3. The first kappa shape index (κ1) is 19.6. The molecule has 0 atom stereocenters. The summed E-state index contributed by atoms with van der Waals surface area (Å²) in [6.45, 7) is 0.187. The molecule has 3 aromatic rings. The molecule has 1 amide bonds. The number of hydrogen-bond donors (Lipinski definition) is 2. The molecule has 6 heteroatoms. The lowest BCUT2D eigenvalue weighted by atomic mass is 9.98. The van der Waals surface area contributed by atoms with Crippen LogP contribution in [-0.2, 0) is 19.3 Å². The van der Waals surface area contributed by atoms with Gasteiger partial charge in [-0.1, -0.05) is 54.6 Å². The van der Waals surface area contributed by atoms with Crippen molar-refractivity contribution >= 4 is 5.91 Å². The van der Waals surface area contributed by atoms with Crippen molar-refractivity contribution in [1.82, 2.24) is 5.32 Å². The van der Waals surface area contributed by atoms with Gasteiger partial charge in [0.15, 0.2) is 0 Å². The summed E-state index contributed by atoms with van der Waals surface area (Å²) < 4.78 is 38.3. The van der Waals surface area contributed by atoms with Crippen molar-refractivity contribution < 1.29 is 23.1 Å². The Labute approximate surface area is 160 Å². The van der Waals surface area contributed by atoms with Gasteiger partial charge in [-0.05, 0) is 40.5 Å². The molecule has 0 saturated heterocycles. The Morgan fingerprint density at radius 3 is 2.25 bits per heavy atom. The molecule has 0 bridgehead atoms. The van der Waals surface area contributed by atoms with Crippen LogP contribution in [0, 0.1) is 0 Å². The third-order valence-corrected chi connectivity index (χ3v) is 4.32. The summed E-state index contributed by atoms with van der Waals surface area (Å²) in [7, 11) is 0. The molecule has 3 nitrogen and oxygen atoms in total. The minimum atomic E-state index is -4.40. The van der Waals surface area contributed by atoms with E-state index in [0.717, 1.165) is 23.3 Å². The van der Waals surface area contributed by atoms with E-state index in [1.165, 1.54) is 12.1 Å². The van der Waals surface area contributed by atoms with Gasteiger partial charge in [-0.15, -0.1) is 0 Å². The number of alkyl halides is 3. The van der Waals surface area contributed by atoms with Crippen molar-refractivity contribution in [2.24, 2.45) is 0 Å². The van der Waals surface area contributed by atoms with Crippen LogP contribution in [0.4, 0.5) is 13.2 Å². The average molecular weight is 385 g/mol. The van der Waals surface area contributed by atoms with Gasteiger partial charge in [0.1, 0.15) is 0 Å². The third-order valence-electron chi connectivity index (χ3n) is 4.32. The van der Waals surface area contributed by atoms with Gasteiger partial charge >= 0.3 is 6.18 Å². The second kappa shape index (κ2) is 8.27. The quantitative estimate of drug-likeness (QED) is 0.663. The van der Waals surface area contributed by atoms with E-state index in [9.17, 15) is 23.1 Å². The van der Waals surface area contributed by atoms with Gasteiger partial charge in [-0.25, -0.2) is 0 Å². The number of halogens is 3. The fourth-order valence-corrected chi connectivity index (χ4v) is 2.89. The number of amides is 1. The first-order valence-electron chi connectivity index (χ1n) is 8.62. The fraction of sp³-hybridized carbons (Fsp3) is 0.136. The molecule has 3 aromatic carbocycles. The van der Waals surface area contributed by atoms with Crippen LogP contribution in [0.5, 0.6) is 0 Å². The second-order valence-corrected chi connectivity index (χ2v) is 6.28. The average Bonchev–Trinajstić information content (AvgIpc) is 2.71. The molecule has 0 radical (unpaired) electrons. The van der Waals surface area contributed by atoms with Crippen molar-refractivity contribution in [3.8, 4) is 11.1 Å². The summed E-state index contributed by atoms with van der Waals surface area (Å²) in [6, 6.07) is 18.7. The molecule has 28 heavy (non-hydrogen) atoms. The van der Waals surface area contributed by atoms with Crippen LogP contribution in [-0.4, -0.2) is 11.0 Å². The summed E-state index contributed by atoms with van der Waals surface area (Å²) in [6.07, 6.45) is -4.40. The third kappa shape index (κ3) is 4.58. The molecule has 0 saturated carbocycles. The molecular formula is C22H18F3NO2. The predicted molar refractivity (Wildman–Crippen MR) is 100 cm³/mol. The van der Waals surface area contributed by atoms with Crippen LogP contribution in [0.1, 0.15) is 27.0 Å². The van der Waals surface area contributed by atoms with Gasteiger partial charge in [-0.3, -0.25) is 4.79 Å². The van der Waals surface area contributed by atoms with Crippen molar-refractivity contribution in [1.29, 1.82) is 0 Å². The Kier molecular flexibility index (Phi) is 5.80. The second-order valence-electron chi connectivity index (χ2n) is 6.28. The Hall–Kier alpha value is -3.12. The molecule has 0 heterocycles. The lowest BCUT2D eigenvalue weighted by Gasteiger charge is -2.12. The van der Waals surface area contributed by atoms with Gasteiger partial charge in [0, 0.05) is 12.1 Å². The summed E-state index contributed by atoms with van der Waals surface area (Å²) in [5, 5.41) is 12.0. The largest absolute Gasteiger partial charge is 0.416 e. The Balaban J connectivity index is 1.80. The summed E-state index contributed by atoms with van der Waals surface area (Å²) in [4.78, 5) is 12.7. The first-order chi connectivity index (χ1) is 13.4. The first-order valence-corrected chi connectivity index (χ1v) is 8.62. The van der Waals surface area contributed by atoms with Crippen LogP contribution < -0.4 is 5.32 Å². The summed E-state index contributed by atoms with van der Waals surface area (Å²) >= 11 is 0. The minimum absolute atomic E-state index is 0.0848. The Morgan fingerprint density at radius 1 is 0.893 bits per heavy atom. The van der Waals surface area contributed by atoms with Crippen molar-refractivity contribution in [2.45, 2.75) is 19.3 Å². The van der Waals surface area contributed by atoms with E-state index in [0.29, 0.717) is 16.7 Å². The monoisotopic (exact) mass is 385 g/mol. The highest BCUT2D eigenvalue weighted by Gasteiger charge is 2.30. The smallest absolute Gasteiger partial charge is 0.392 e. The number of aliphatic hydroxyl groups is 1. The van der Waals surface area contributed by atoms with Gasteiger partial charge in [-0.2, -0.15) is 13.2 Å². The standard InChI is InChI=1S/C22H18F3NO2/c23-22(24,25)18-10-8-17(9-11-18)19-6-1-2-7-20(19)21(28)26-13-15-4-3-5-16(12-15)14-27/h1-12,27H,13-14H2,(H,26,28). The SMILES string of the molecule is O=C(NCc1cccc(CO)c1)c1ccccc1-c1ccc(C(F)(F)F)cc1. The van der Waals surface area contributed by atoms with E-state index in [1.54, 1.807) is 42.5 Å². The molecule has 0 unspecified atom stereocenters. The normalized spacial score (nSPS) is 11.3. The highest BCUT2D eigenvalue weighted by Crippen LogP contribution is 2.31. The number of hydrogen-bond acceptors (Lipinski definition) is 2. The summed E-state index contributed by atoms with van der Waals surface area (Å²) in [5.74, 6) is -0.329. The lowest BCUT2D eigenvalue weighted by Crippen LogP contribution is -2.23. The summed E-state index contributed by atoms with van der Waals surface area (Å²) in [5.41, 5.74) is 2.31. The van der Waals surface area contributed by atoms with E-state index in [4.69, 9.17) is 0 Å². The molecule has 144 valence electrons. The van der Waals surface area contributed by atoms with E-state index >= 15 is 0 Å². The minimum Gasteiger partial charge on any atom is -0.392 e. The van der Waals surface area contributed by atoms with Gasteiger partial charge in [0.25, 0.3) is 5.91 Å². The topological polar surface area (TPSA) is 49.3 Å². The number of carbonyl (C=O) groups is 1. The molecule has 2 N–H and O–H groups in total. The molecule has 0 aliphatic heterocycles. The maximum absolute atomic E-state index is 12.8. The predicted octanol–water partition coefficient (Wildman–Crippen LogP) is 4.79. The Morgan fingerprint density at radius 2 is 1.57 bits per heavy atom. The van der Waals surface area contributed by atoms with Gasteiger partial charge in [0.05, 0.1) is 12.2 Å². The number of carbonyl (C=O) groups excluding carboxylic acids is 1. The lowest BCUT2D eigenvalue weighted by molar-refractivity contribution is -0.137. The highest BCUT2D eigenvalue weighted by molar-refractivity contribution is 6.00. The number of rotatable bonds is 5. The molecular weight excluding hydrogens is 367 g/mol.